The van der Waals surface area contributed by atoms with Gasteiger partial charge in [0.1, 0.15) is 0 Å². The highest BCUT2D eigenvalue weighted by Crippen LogP contribution is 2.52. The fraction of sp³-hybridized carbons (Fsp3) is 1.00. The Labute approximate surface area is 183 Å². The molecular formula is C26H53N3. The Bertz CT molecular complexity index is 525. The second kappa shape index (κ2) is 8.43. The van der Waals surface area contributed by atoms with Gasteiger partial charge in [0.15, 0.2) is 0 Å². The molecule has 0 amide bonds. The van der Waals surface area contributed by atoms with Gasteiger partial charge in [-0.15, -0.1) is 0 Å². The smallest absolute Gasteiger partial charge is 0.0159 e. The first-order valence-corrected chi connectivity index (χ1v) is 12.2. The Balaban J connectivity index is 2.02. The number of rotatable bonds is 6. The maximum Gasteiger partial charge on any atom is 0.0159 e. The lowest BCUT2D eigenvalue weighted by Gasteiger charge is -2.56. The van der Waals surface area contributed by atoms with Crippen LogP contribution in [0.25, 0.3) is 0 Å². The fourth-order valence-electron chi connectivity index (χ4n) is 6.51. The summed E-state index contributed by atoms with van der Waals surface area (Å²) in [6.07, 6.45) is 5.20. The Morgan fingerprint density at radius 3 is 1.48 bits per heavy atom. The highest BCUT2D eigenvalue weighted by Gasteiger charge is 2.48. The quantitative estimate of drug-likeness (QED) is 0.555. The zero-order valence-electron chi connectivity index (χ0n) is 21.9. The Morgan fingerprint density at radius 2 is 1.03 bits per heavy atom. The molecule has 0 bridgehead atoms. The number of likely N-dealkylation sites (tertiary alicyclic amines) is 1. The average Bonchev–Trinajstić information content (AvgIpc) is 2.52. The molecule has 0 aliphatic carbocycles. The van der Waals surface area contributed by atoms with Gasteiger partial charge in [0.05, 0.1) is 0 Å². The molecule has 0 unspecified atom stereocenters. The van der Waals surface area contributed by atoms with E-state index in [0.717, 1.165) is 0 Å². The molecule has 0 N–H and O–H groups in total. The summed E-state index contributed by atoms with van der Waals surface area (Å²) in [6.45, 7) is 32.1. The van der Waals surface area contributed by atoms with Gasteiger partial charge in [0.25, 0.3) is 0 Å². The highest BCUT2D eigenvalue weighted by atomic mass is 15.3. The molecule has 0 saturated carbocycles. The zero-order valence-corrected chi connectivity index (χ0v) is 21.9. The first-order valence-electron chi connectivity index (χ1n) is 12.2. The summed E-state index contributed by atoms with van der Waals surface area (Å²) in [6, 6.07) is 0. The largest absolute Gasteiger partial charge is 0.304 e. The molecule has 0 aromatic carbocycles. The Hall–Kier alpha value is -0.120. The van der Waals surface area contributed by atoms with Gasteiger partial charge in [-0.3, -0.25) is 9.80 Å². The van der Waals surface area contributed by atoms with Gasteiger partial charge in [-0.25, -0.2) is 0 Å². The molecule has 2 aliphatic rings. The van der Waals surface area contributed by atoms with Gasteiger partial charge in [0.2, 0.25) is 0 Å². The lowest BCUT2D eigenvalue weighted by atomic mass is 9.57. The fourth-order valence-corrected chi connectivity index (χ4v) is 6.51. The molecule has 0 aromatic heterocycles. The van der Waals surface area contributed by atoms with Gasteiger partial charge in [-0.1, -0.05) is 41.5 Å². The number of hydrogen-bond acceptors (Lipinski definition) is 3. The predicted molar refractivity (Wildman–Crippen MR) is 129 cm³/mol. The third-order valence-corrected chi connectivity index (χ3v) is 8.55. The third kappa shape index (κ3) is 6.20. The van der Waals surface area contributed by atoms with Crippen LogP contribution in [0.5, 0.6) is 0 Å². The van der Waals surface area contributed by atoms with Crippen molar-refractivity contribution in [2.75, 3.05) is 46.3 Å². The number of piperazine rings is 1. The maximum absolute atomic E-state index is 2.78. The summed E-state index contributed by atoms with van der Waals surface area (Å²) in [5.74, 6) is 0. The van der Waals surface area contributed by atoms with E-state index in [4.69, 9.17) is 0 Å². The van der Waals surface area contributed by atoms with Crippen LogP contribution in [0.4, 0.5) is 0 Å². The van der Waals surface area contributed by atoms with Crippen molar-refractivity contribution in [1.82, 2.24) is 14.7 Å². The molecule has 0 radical (unpaired) electrons. The topological polar surface area (TPSA) is 9.72 Å². The molecule has 2 aliphatic heterocycles. The number of nitrogens with zero attached hydrogens (tertiary/aromatic N) is 3. The first kappa shape index (κ1) is 25.1. The predicted octanol–water partition coefficient (Wildman–Crippen LogP) is 5.75. The minimum Gasteiger partial charge on any atom is -0.304 e. The van der Waals surface area contributed by atoms with E-state index in [1.54, 1.807) is 0 Å². The molecule has 2 fully saturated rings. The van der Waals surface area contributed by atoms with Crippen LogP contribution in [-0.2, 0) is 0 Å². The summed E-state index contributed by atoms with van der Waals surface area (Å²) < 4.78 is 0. The number of piperidine rings is 1. The van der Waals surface area contributed by atoms with Crippen LogP contribution in [0, 0.1) is 16.2 Å². The van der Waals surface area contributed by atoms with Gasteiger partial charge < -0.3 is 4.90 Å². The lowest BCUT2D eigenvalue weighted by Crippen LogP contribution is -2.58. The second-order valence-corrected chi connectivity index (χ2v) is 13.8. The summed E-state index contributed by atoms with van der Waals surface area (Å²) >= 11 is 0. The van der Waals surface area contributed by atoms with E-state index < -0.39 is 0 Å². The van der Waals surface area contributed by atoms with E-state index in [1.807, 2.05) is 0 Å². The van der Waals surface area contributed by atoms with Crippen molar-refractivity contribution < 1.29 is 0 Å². The van der Waals surface area contributed by atoms with Crippen LogP contribution in [0.3, 0.4) is 0 Å². The molecule has 0 spiro atoms. The normalized spacial score (nSPS) is 24.1. The summed E-state index contributed by atoms with van der Waals surface area (Å²) in [7, 11) is 2.25. The number of hydrogen-bond donors (Lipinski definition) is 0. The van der Waals surface area contributed by atoms with Gasteiger partial charge >= 0.3 is 0 Å². The van der Waals surface area contributed by atoms with E-state index >= 15 is 0 Å². The molecule has 172 valence electrons. The standard InChI is InChI=1S/C26H53N3/c1-22(2,3)20-24(6,7)28-14-12-26(10,13-15-28)23(4,5)21-25(8,9)29-18-16-27(11)17-19-29/h12-21H2,1-11H3. The van der Waals surface area contributed by atoms with E-state index in [-0.39, 0.29) is 5.54 Å². The van der Waals surface area contributed by atoms with Crippen molar-refractivity contribution in [2.45, 2.75) is 106 Å². The van der Waals surface area contributed by atoms with Crippen molar-refractivity contribution in [3.05, 3.63) is 0 Å². The van der Waals surface area contributed by atoms with E-state index in [9.17, 15) is 0 Å². The maximum atomic E-state index is 2.78. The van der Waals surface area contributed by atoms with E-state index in [2.05, 4.69) is 91.0 Å². The first-order chi connectivity index (χ1) is 13.0. The van der Waals surface area contributed by atoms with Gasteiger partial charge in [-0.2, -0.15) is 0 Å². The summed E-state index contributed by atoms with van der Waals surface area (Å²) in [4.78, 5) is 8.00. The lowest BCUT2D eigenvalue weighted by molar-refractivity contribution is -0.0602. The van der Waals surface area contributed by atoms with Crippen LogP contribution in [0.2, 0.25) is 0 Å². The molecule has 2 heterocycles. The SMILES string of the molecule is CN1CCN(C(C)(C)CC(C)(C)C2(C)CCN(C(C)(C)CC(C)(C)C)CC2)CC1. The Kier molecular flexibility index (Phi) is 7.31. The molecule has 2 saturated heterocycles. The molecule has 3 heteroatoms. The van der Waals surface area contributed by atoms with E-state index in [1.165, 1.54) is 65.0 Å². The molecule has 2 rings (SSSR count). The van der Waals surface area contributed by atoms with Gasteiger partial charge in [0, 0.05) is 37.3 Å². The van der Waals surface area contributed by atoms with Crippen LogP contribution in [0.15, 0.2) is 0 Å². The van der Waals surface area contributed by atoms with Gasteiger partial charge in [-0.05, 0) is 89.8 Å². The third-order valence-electron chi connectivity index (χ3n) is 8.55. The summed E-state index contributed by atoms with van der Waals surface area (Å²) in [5.41, 5.74) is 1.72. The molecule has 0 aromatic rings. The minimum absolute atomic E-state index is 0.274. The van der Waals surface area contributed by atoms with Crippen molar-refractivity contribution >= 4 is 0 Å². The molecule has 29 heavy (non-hydrogen) atoms. The van der Waals surface area contributed by atoms with Crippen LogP contribution in [0.1, 0.15) is 94.9 Å². The van der Waals surface area contributed by atoms with E-state index in [0.29, 0.717) is 21.8 Å². The van der Waals surface area contributed by atoms with Crippen LogP contribution >= 0.6 is 0 Å². The minimum atomic E-state index is 0.274. The zero-order chi connectivity index (χ0) is 22.3. The second-order valence-electron chi connectivity index (χ2n) is 13.8. The summed E-state index contributed by atoms with van der Waals surface area (Å²) in [5, 5.41) is 0. The molecular weight excluding hydrogens is 354 g/mol. The van der Waals surface area contributed by atoms with Crippen molar-refractivity contribution in [1.29, 1.82) is 0 Å². The Morgan fingerprint density at radius 1 is 0.621 bits per heavy atom. The van der Waals surface area contributed by atoms with Crippen LogP contribution < -0.4 is 0 Å². The highest BCUT2D eigenvalue weighted by molar-refractivity contribution is 5.01. The molecule has 3 nitrogen and oxygen atoms in total. The van der Waals surface area contributed by atoms with Crippen molar-refractivity contribution in [3.8, 4) is 0 Å². The number of likely N-dealkylation sites (N-methyl/N-ethyl adjacent to an activating group) is 1. The monoisotopic (exact) mass is 407 g/mol. The van der Waals surface area contributed by atoms with Crippen molar-refractivity contribution in [3.63, 3.8) is 0 Å². The van der Waals surface area contributed by atoms with Crippen molar-refractivity contribution in [2.24, 2.45) is 16.2 Å². The average molecular weight is 408 g/mol. The molecule has 0 atom stereocenters. The van der Waals surface area contributed by atoms with Crippen LogP contribution in [-0.4, -0.2) is 72.1 Å².